The molecule has 7 heteroatoms. The molecule has 0 aliphatic carbocycles. The molecule has 0 aliphatic heterocycles. The zero-order valence-electron chi connectivity index (χ0n) is 9.75. The molecule has 0 spiro atoms. The molecule has 2 unspecified atom stereocenters. The van der Waals surface area contributed by atoms with Gasteiger partial charge >= 0.3 is 5.88 Å². The zero-order valence-corrected chi connectivity index (χ0v) is 10.6. The molecule has 6 nitrogen and oxygen atoms in total. The molecule has 0 bridgehead atoms. The summed E-state index contributed by atoms with van der Waals surface area (Å²) in [5.41, 5.74) is 0. The van der Waals surface area contributed by atoms with Gasteiger partial charge in [-0.05, 0) is 19.2 Å². The summed E-state index contributed by atoms with van der Waals surface area (Å²) in [4.78, 5) is 9.84. The number of aliphatic hydroxyl groups excluding tert-OH is 1. The van der Waals surface area contributed by atoms with Crippen molar-refractivity contribution in [2.24, 2.45) is 0 Å². The van der Waals surface area contributed by atoms with Crippen LogP contribution in [0.1, 0.15) is 12.7 Å². The number of furan rings is 1. The fourth-order valence-corrected chi connectivity index (χ4v) is 2.04. The SMILES string of the molecule is CSC(CO)C(C)NCc1ccc([N+](=O)[O-])o1. The molecule has 96 valence electrons. The van der Waals surface area contributed by atoms with Crippen LogP contribution >= 0.6 is 11.8 Å². The normalized spacial score (nSPS) is 14.5. The Labute approximate surface area is 104 Å². The van der Waals surface area contributed by atoms with Crippen LogP contribution < -0.4 is 5.32 Å². The Bertz CT molecular complexity index is 365. The van der Waals surface area contributed by atoms with Gasteiger partial charge in [-0.15, -0.1) is 0 Å². The molecule has 0 saturated carbocycles. The van der Waals surface area contributed by atoms with E-state index in [4.69, 9.17) is 9.52 Å². The quantitative estimate of drug-likeness (QED) is 0.569. The Hall–Kier alpha value is -1.05. The van der Waals surface area contributed by atoms with E-state index in [9.17, 15) is 10.1 Å². The number of hydrogen-bond acceptors (Lipinski definition) is 6. The van der Waals surface area contributed by atoms with Gasteiger partial charge in [-0.3, -0.25) is 10.1 Å². The average molecular weight is 260 g/mol. The molecule has 17 heavy (non-hydrogen) atoms. The lowest BCUT2D eigenvalue weighted by Gasteiger charge is -2.20. The minimum atomic E-state index is -0.564. The van der Waals surface area contributed by atoms with Gasteiger partial charge in [0.2, 0.25) is 0 Å². The van der Waals surface area contributed by atoms with E-state index in [0.717, 1.165) is 0 Å². The fourth-order valence-electron chi connectivity index (χ4n) is 1.39. The molecule has 0 amide bonds. The molecule has 1 aromatic rings. The molecule has 0 saturated heterocycles. The van der Waals surface area contributed by atoms with E-state index in [1.165, 1.54) is 6.07 Å². The fraction of sp³-hybridized carbons (Fsp3) is 0.600. The highest BCUT2D eigenvalue weighted by molar-refractivity contribution is 7.99. The molecule has 0 aliphatic rings. The van der Waals surface area contributed by atoms with E-state index in [0.29, 0.717) is 12.3 Å². The van der Waals surface area contributed by atoms with E-state index >= 15 is 0 Å². The van der Waals surface area contributed by atoms with Gasteiger partial charge in [-0.1, -0.05) is 0 Å². The molecule has 2 N–H and O–H groups in total. The van der Waals surface area contributed by atoms with E-state index < -0.39 is 4.92 Å². The summed E-state index contributed by atoms with van der Waals surface area (Å²) in [7, 11) is 0. The molecule has 2 atom stereocenters. The van der Waals surface area contributed by atoms with Crippen molar-refractivity contribution >= 4 is 17.6 Å². The van der Waals surface area contributed by atoms with Gasteiger partial charge in [0, 0.05) is 11.3 Å². The maximum Gasteiger partial charge on any atom is 0.433 e. The van der Waals surface area contributed by atoms with Crippen molar-refractivity contribution in [3.63, 3.8) is 0 Å². The van der Waals surface area contributed by atoms with Gasteiger partial charge in [0.05, 0.1) is 19.2 Å². The molecule has 1 aromatic heterocycles. The predicted molar refractivity (Wildman–Crippen MR) is 66.1 cm³/mol. The number of thioether (sulfide) groups is 1. The van der Waals surface area contributed by atoms with Gasteiger partial charge in [0.15, 0.2) is 0 Å². The monoisotopic (exact) mass is 260 g/mol. The Balaban J connectivity index is 2.46. The first-order valence-corrected chi connectivity index (χ1v) is 6.47. The maximum atomic E-state index is 10.4. The van der Waals surface area contributed by atoms with Gasteiger partial charge in [0.1, 0.15) is 10.7 Å². The summed E-state index contributed by atoms with van der Waals surface area (Å²) in [6, 6.07) is 3.00. The molecular formula is C10H16N2O4S. The van der Waals surface area contributed by atoms with Crippen LogP contribution in [0.5, 0.6) is 0 Å². The standard InChI is InChI=1S/C10H16N2O4S/c1-7(9(6-13)17-2)11-5-8-3-4-10(16-8)12(14)15/h3-4,7,9,11,13H,5-6H2,1-2H3. The van der Waals surface area contributed by atoms with Crippen molar-refractivity contribution in [3.8, 4) is 0 Å². The van der Waals surface area contributed by atoms with Crippen LogP contribution in [0.2, 0.25) is 0 Å². The second kappa shape index (κ2) is 6.63. The zero-order chi connectivity index (χ0) is 12.8. The summed E-state index contributed by atoms with van der Waals surface area (Å²) in [5, 5.41) is 22.8. The maximum absolute atomic E-state index is 10.4. The first-order valence-electron chi connectivity index (χ1n) is 5.18. The molecule has 0 aromatic carbocycles. The highest BCUT2D eigenvalue weighted by Crippen LogP contribution is 2.16. The lowest BCUT2D eigenvalue weighted by Crippen LogP contribution is -2.36. The van der Waals surface area contributed by atoms with Crippen LogP contribution in [0.4, 0.5) is 5.88 Å². The Morgan fingerprint density at radius 3 is 2.82 bits per heavy atom. The van der Waals surface area contributed by atoms with Crippen molar-refractivity contribution in [3.05, 3.63) is 28.0 Å². The van der Waals surface area contributed by atoms with Crippen LogP contribution in [0.25, 0.3) is 0 Å². The minimum Gasteiger partial charge on any atom is -0.404 e. The van der Waals surface area contributed by atoms with Crippen molar-refractivity contribution in [1.82, 2.24) is 5.32 Å². The lowest BCUT2D eigenvalue weighted by molar-refractivity contribution is -0.402. The first kappa shape index (κ1) is 14.0. The number of nitrogens with one attached hydrogen (secondary N) is 1. The molecular weight excluding hydrogens is 244 g/mol. The average Bonchev–Trinajstić information content (AvgIpc) is 2.76. The van der Waals surface area contributed by atoms with E-state index in [2.05, 4.69) is 5.32 Å². The van der Waals surface area contributed by atoms with Crippen molar-refractivity contribution in [2.45, 2.75) is 24.8 Å². The van der Waals surface area contributed by atoms with Crippen LogP contribution in [-0.2, 0) is 6.54 Å². The lowest BCUT2D eigenvalue weighted by atomic mass is 10.2. The van der Waals surface area contributed by atoms with Crippen molar-refractivity contribution in [1.29, 1.82) is 0 Å². The summed E-state index contributed by atoms with van der Waals surface area (Å²) < 4.78 is 5.01. The van der Waals surface area contributed by atoms with Gasteiger partial charge in [-0.2, -0.15) is 11.8 Å². The van der Waals surface area contributed by atoms with Gasteiger partial charge in [-0.25, -0.2) is 0 Å². The molecule has 0 fully saturated rings. The first-order chi connectivity index (χ1) is 8.08. The largest absolute Gasteiger partial charge is 0.433 e. The summed E-state index contributed by atoms with van der Waals surface area (Å²) in [5.74, 6) is 0.263. The summed E-state index contributed by atoms with van der Waals surface area (Å²) in [6.07, 6.45) is 1.93. The Morgan fingerprint density at radius 2 is 2.35 bits per heavy atom. The second-order valence-electron chi connectivity index (χ2n) is 3.62. The Morgan fingerprint density at radius 1 is 1.65 bits per heavy atom. The highest BCUT2D eigenvalue weighted by atomic mass is 32.2. The van der Waals surface area contributed by atoms with Crippen molar-refractivity contribution < 1.29 is 14.4 Å². The third kappa shape index (κ3) is 4.03. The highest BCUT2D eigenvalue weighted by Gasteiger charge is 2.16. The molecule has 1 rings (SSSR count). The molecule has 1 heterocycles. The molecule has 0 radical (unpaired) electrons. The van der Waals surface area contributed by atoms with Crippen LogP contribution in [0, 0.1) is 10.1 Å². The third-order valence-electron chi connectivity index (χ3n) is 2.47. The number of nitro groups is 1. The smallest absolute Gasteiger partial charge is 0.404 e. The third-order valence-corrected chi connectivity index (χ3v) is 3.63. The van der Waals surface area contributed by atoms with Gasteiger partial charge in [0.25, 0.3) is 0 Å². The number of hydrogen-bond donors (Lipinski definition) is 2. The Kier molecular flexibility index (Phi) is 5.46. The minimum absolute atomic E-state index is 0.0909. The van der Waals surface area contributed by atoms with Gasteiger partial charge < -0.3 is 14.8 Å². The van der Waals surface area contributed by atoms with E-state index in [1.54, 1.807) is 17.8 Å². The van der Waals surface area contributed by atoms with Crippen LogP contribution in [0.15, 0.2) is 16.5 Å². The number of aliphatic hydroxyl groups is 1. The topological polar surface area (TPSA) is 88.5 Å². The predicted octanol–water partition coefficient (Wildman–Crippen LogP) is 1.39. The van der Waals surface area contributed by atoms with Crippen LogP contribution in [0.3, 0.4) is 0 Å². The van der Waals surface area contributed by atoms with E-state index in [1.807, 2.05) is 13.2 Å². The van der Waals surface area contributed by atoms with E-state index in [-0.39, 0.29) is 23.8 Å². The number of nitrogens with zero attached hydrogens (tertiary/aromatic N) is 1. The van der Waals surface area contributed by atoms with Crippen molar-refractivity contribution in [2.75, 3.05) is 12.9 Å². The summed E-state index contributed by atoms with van der Waals surface area (Å²) in [6.45, 7) is 2.45. The second-order valence-corrected chi connectivity index (χ2v) is 4.70. The number of rotatable bonds is 7. The summed E-state index contributed by atoms with van der Waals surface area (Å²) >= 11 is 1.57. The van der Waals surface area contributed by atoms with Crippen LogP contribution in [-0.4, -0.2) is 34.2 Å².